The van der Waals surface area contributed by atoms with E-state index in [1.807, 2.05) is 25.1 Å². The molecule has 1 aromatic heterocycles. The summed E-state index contributed by atoms with van der Waals surface area (Å²) in [6.07, 6.45) is 0. The molecule has 0 atom stereocenters. The van der Waals surface area contributed by atoms with Crippen molar-refractivity contribution in [3.8, 4) is 10.6 Å². The quantitative estimate of drug-likeness (QED) is 0.770. The van der Waals surface area contributed by atoms with Gasteiger partial charge in [0.15, 0.2) is 0 Å². The van der Waals surface area contributed by atoms with Crippen molar-refractivity contribution in [1.29, 1.82) is 0 Å². The number of aromatic nitrogens is 1. The Morgan fingerprint density at radius 1 is 1.42 bits per heavy atom. The standard InChI is InChI=1S/C17H19ClN2O3S/c1-3-23-17(21)15-11(2)19-16(24-15)12-4-5-14(13(18)10-12)20-6-8-22-9-7-20/h4-5,10H,3,6-9H2,1-2H3. The van der Waals surface area contributed by atoms with Crippen LogP contribution in [0.2, 0.25) is 5.02 Å². The maximum atomic E-state index is 11.9. The van der Waals surface area contributed by atoms with Gasteiger partial charge < -0.3 is 14.4 Å². The van der Waals surface area contributed by atoms with E-state index in [0.717, 1.165) is 29.3 Å². The van der Waals surface area contributed by atoms with Crippen LogP contribution >= 0.6 is 22.9 Å². The van der Waals surface area contributed by atoms with E-state index in [9.17, 15) is 4.79 Å². The van der Waals surface area contributed by atoms with Crippen molar-refractivity contribution in [2.75, 3.05) is 37.8 Å². The summed E-state index contributed by atoms with van der Waals surface area (Å²) >= 11 is 7.81. The minimum atomic E-state index is -0.324. The molecule has 0 spiro atoms. The highest BCUT2D eigenvalue weighted by Gasteiger charge is 2.19. The van der Waals surface area contributed by atoms with Gasteiger partial charge in [-0.25, -0.2) is 9.78 Å². The zero-order chi connectivity index (χ0) is 17.1. The Bertz CT molecular complexity index is 741. The van der Waals surface area contributed by atoms with Crippen LogP contribution in [0.25, 0.3) is 10.6 Å². The average molecular weight is 367 g/mol. The van der Waals surface area contributed by atoms with Gasteiger partial charge in [-0.1, -0.05) is 11.6 Å². The first-order valence-electron chi connectivity index (χ1n) is 7.87. The summed E-state index contributed by atoms with van der Waals surface area (Å²) in [7, 11) is 0. The molecule has 0 bridgehead atoms. The predicted octanol–water partition coefficient (Wildman–Crippen LogP) is 3.79. The van der Waals surface area contributed by atoms with Crippen LogP contribution in [-0.2, 0) is 9.47 Å². The van der Waals surface area contributed by atoms with Gasteiger partial charge >= 0.3 is 5.97 Å². The summed E-state index contributed by atoms with van der Waals surface area (Å²) < 4.78 is 10.4. The summed E-state index contributed by atoms with van der Waals surface area (Å²) in [4.78, 5) is 19.2. The molecular formula is C17H19ClN2O3S. The van der Waals surface area contributed by atoms with Crippen LogP contribution in [0.5, 0.6) is 0 Å². The number of aryl methyl sites for hydroxylation is 1. The monoisotopic (exact) mass is 366 g/mol. The first kappa shape index (κ1) is 17.2. The Balaban J connectivity index is 1.86. The molecule has 1 aliphatic rings. The van der Waals surface area contributed by atoms with E-state index in [1.54, 1.807) is 6.92 Å². The van der Waals surface area contributed by atoms with Gasteiger partial charge in [0, 0.05) is 18.7 Å². The molecule has 0 radical (unpaired) electrons. The van der Waals surface area contributed by atoms with Crippen LogP contribution < -0.4 is 4.90 Å². The average Bonchev–Trinajstić information content (AvgIpc) is 2.98. The van der Waals surface area contributed by atoms with Gasteiger partial charge in [0.05, 0.1) is 36.2 Å². The van der Waals surface area contributed by atoms with E-state index in [4.69, 9.17) is 21.1 Å². The summed E-state index contributed by atoms with van der Waals surface area (Å²) in [5, 5.41) is 1.45. The van der Waals surface area contributed by atoms with Crippen molar-refractivity contribution in [3.05, 3.63) is 33.8 Å². The highest BCUT2D eigenvalue weighted by atomic mass is 35.5. The van der Waals surface area contributed by atoms with Gasteiger partial charge in [0.25, 0.3) is 0 Å². The number of halogens is 1. The normalized spacial score (nSPS) is 14.7. The zero-order valence-corrected chi connectivity index (χ0v) is 15.2. The molecule has 5 nitrogen and oxygen atoms in total. The second-order valence-electron chi connectivity index (χ2n) is 5.42. The first-order chi connectivity index (χ1) is 11.6. The fourth-order valence-electron chi connectivity index (χ4n) is 2.61. The Hall–Kier alpha value is -1.63. The van der Waals surface area contributed by atoms with Crippen LogP contribution in [0.1, 0.15) is 22.3 Å². The molecule has 7 heteroatoms. The van der Waals surface area contributed by atoms with Gasteiger partial charge in [0.2, 0.25) is 0 Å². The topological polar surface area (TPSA) is 51.7 Å². The number of nitrogens with zero attached hydrogens (tertiary/aromatic N) is 2. The molecule has 1 aliphatic heterocycles. The molecule has 0 unspecified atom stereocenters. The number of esters is 1. The third-order valence-electron chi connectivity index (χ3n) is 3.80. The summed E-state index contributed by atoms with van der Waals surface area (Å²) in [6.45, 7) is 7.06. The van der Waals surface area contributed by atoms with Gasteiger partial charge in [-0.3, -0.25) is 0 Å². The van der Waals surface area contributed by atoms with Crippen molar-refractivity contribution in [3.63, 3.8) is 0 Å². The molecule has 128 valence electrons. The largest absolute Gasteiger partial charge is 0.462 e. The highest BCUT2D eigenvalue weighted by molar-refractivity contribution is 7.17. The number of ether oxygens (including phenoxy) is 2. The second-order valence-corrected chi connectivity index (χ2v) is 6.83. The van der Waals surface area contributed by atoms with Gasteiger partial charge in [-0.2, -0.15) is 0 Å². The van der Waals surface area contributed by atoms with Gasteiger partial charge in [0.1, 0.15) is 9.88 Å². The van der Waals surface area contributed by atoms with Gasteiger partial charge in [-0.05, 0) is 32.0 Å². The molecule has 0 N–H and O–H groups in total. The number of carbonyl (C=O) groups is 1. The molecule has 3 rings (SSSR count). The molecular weight excluding hydrogens is 348 g/mol. The highest BCUT2D eigenvalue weighted by Crippen LogP contribution is 2.34. The minimum absolute atomic E-state index is 0.324. The molecule has 2 heterocycles. The maximum absolute atomic E-state index is 11.9. The van der Waals surface area contributed by atoms with E-state index in [0.29, 0.717) is 35.4 Å². The van der Waals surface area contributed by atoms with E-state index < -0.39 is 0 Å². The van der Waals surface area contributed by atoms with E-state index in [-0.39, 0.29) is 5.97 Å². The van der Waals surface area contributed by atoms with E-state index in [1.165, 1.54) is 11.3 Å². The summed E-state index contributed by atoms with van der Waals surface area (Å²) in [5.74, 6) is -0.324. The number of rotatable bonds is 4. The van der Waals surface area contributed by atoms with E-state index >= 15 is 0 Å². The number of benzene rings is 1. The minimum Gasteiger partial charge on any atom is -0.462 e. The first-order valence-corrected chi connectivity index (χ1v) is 9.06. The number of carbonyl (C=O) groups excluding carboxylic acids is 1. The number of hydrogen-bond acceptors (Lipinski definition) is 6. The van der Waals surface area contributed by atoms with Crippen molar-refractivity contribution >= 4 is 34.6 Å². The lowest BCUT2D eigenvalue weighted by Gasteiger charge is -2.29. The molecule has 24 heavy (non-hydrogen) atoms. The summed E-state index contributed by atoms with van der Waals surface area (Å²) in [5.41, 5.74) is 2.59. The molecule has 2 aromatic rings. The van der Waals surface area contributed by atoms with Crippen LogP contribution in [0.4, 0.5) is 5.69 Å². The van der Waals surface area contributed by atoms with Gasteiger partial charge in [-0.15, -0.1) is 11.3 Å². The predicted molar refractivity (Wildman–Crippen MR) is 96.3 cm³/mol. The Morgan fingerprint density at radius 2 is 2.17 bits per heavy atom. The Kier molecular flexibility index (Phi) is 5.38. The molecule has 1 saturated heterocycles. The fourth-order valence-corrected chi connectivity index (χ4v) is 3.86. The summed E-state index contributed by atoms with van der Waals surface area (Å²) in [6, 6.07) is 5.90. The molecule has 0 aliphatic carbocycles. The number of anilines is 1. The van der Waals surface area contributed by atoms with Crippen molar-refractivity contribution in [2.45, 2.75) is 13.8 Å². The number of hydrogen-bond donors (Lipinski definition) is 0. The lowest BCUT2D eigenvalue weighted by atomic mass is 10.2. The van der Waals surface area contributed by atoms with Crippen LogP contribution in [-0.4, -0.2) is 43.9 Å². The molecule has 0 amide bonds. The lowest BCUT2D eigenvalue weighted by molar-refractivity contribution is 0.0531. The number of morpholine rings is 1. The SMILES string of the molecule is CCOC(=O)c1sc(-c2ccc(N3CCOCC3)c(Cl)c2)nc1C. The number of thiazole rings is 1. The van der Waals surface area contributed by atoms with Crippen molar-refractivity contribution in [2.24, 2.45) is 0 Å². The van der Waals surface area contributed by atoms with Crippen LogP contribution in [0.3, 0.4) is 0 Å². The molecule has 1 aromatic carbocycles. The maximum Gasteiger partial charge on any atom is 0.350 e. The zero-order valence-electron chi connectivity index (χ0n) is 13.7. The second kappa shape index (κ2) is 7.51. The van der Waals surface area contributed by atoms with Crippen LogP contribution in [0, 0.1) is 6.92 Å². The third-order valence-corrected chi connectivity index (χ3v) is 5.29. The van der Waals surface area contributed by atoms with Crippen molar-refractivity contribution < 1.29 is 14.3 Å². The Morgan fingerprint density at radius 3 is 2.83 bits per heavy atom. The molecule has 0 saturated carbocycles. The lowest BCUT2D eigenvalue weighted by Crippen LogP contribution is -2.36. The smallest absolute Gasteiger partial charge is 0.350 e. The van der Waals surface area contributed by atoms with Crippen LogP contribution in [0.15, 0.2) is 18.2 Å². The van der Waals surface area contributed by atoms with Crippen molar-refractivity contribution in [1.82, 2.24) is 4.98 Å². The van der Waals surface area contributed by atoms with E-state index in [2.05, 4.69) is 9.88 Å². The Labute approximate surface area is 150 Å². The molecule has 1 fully saturated rings. The third kappa shape index (κ3) is 3.55. The fraction of sp³-hybridized carbons (Fsp3) is 0.412.